The number of hydrogen-bond donors (Lipinski definition) is 2. The Morgan fingerprint density at radius 1 is 1.30 bits per heavy atom. The maximum Gasteiger partial charge on any atom is 0.257 e. The second kappa shape index (κ2) is 6.63. The molecule has 0 aromatic carbocycles. The Balaban J connectivity index is 2.21. The number of carbonyl (C=O) groups excluding carboxylic acids is 1. The Labute approximate surface area is 117 Å². The van der Waals surface area contributed by atoms with Gasteiger partial charge in [0.2, 0.25) is 0 Å². The third kappa shape index (κ3) is 3.10. The van der Waals surface area contributed by atoms with Gasteiger partial charge in [-0.2, -0.15) is 0 Å². The van der Waals surface area contributed by atoms with Gasteiger partial charge in [-0.3, -0.25) is 9.78 Å². The summed E-state index contributed by atoms with van der Waals surface area (Å²) in [6.45, 7) is 3.06. The number of nitrogens with zero attached hydrogens (tertiary/aromatic N) is 3. The van der Waals surface area contributed by atoms with Gasteiger partial charge < -0.3 is 10.3 Å². The largest absolute Gasteiger partial charge is 0.334 e. The van der Waals surface area contributed by atoms with E-state index < -0.39 is 0 Å². The van der Waals surface area contributed by atoms with Crippen molar-refractivity contribution < 1.29 is 4.79 Å². The second-order valence-electron chi connectivity index (χ2n) is 4.22. The average molecular weight is 271 g/mol. The first-order valence-corrected chi connectivity index (χ1v) is 6.36. The fourth-order valence-electron chi connectivity index (χ4n) is 1.90. The minimum absolute atomic E-state index is 0.106. The van der Waals surface area contributed by atoms with Crippen molar-refractivity contribution in [3.05, 3.63) is 54.0 Å². The maximum absolute atomic E-state index is 12.5. The van der Waals surface area contributed by atoms with Gasteiger partial charge in [0, 0.05) is 31.7 Å². The summed E-state index contributed by atoms with van der Waals surface area (Å²) in [5.74, 6) is 5.67. The maximum atomic E-state index is 12.5. The lowest BCUT2D eigenvalue weighted by atomic mass is 10.2. The molecule has 0 aliphatic heterocycles. The Hall–Kier alpha value is -2.47. The number of hydrogen-bond acceptors (Lipinski definition) is 5. The third-order valence-electron chi connectivity index (χ3n) is 2.97. The second-order valence-corrected chi connectivity index (χ2v) is 4.22. The van der Waals surface area contributed by atoms with Crippen molar-refractivity contribution in [3.8, 4) is 0 Å². The lowest BCUT2D eigenvalue weighted by molar-refractivity contribution is 0.0753. The number of rotatable bonds is 5. The Kier molecular flexibility index (Phi) is 4.62. The van der Waals surface area contributed by atoms with E-state index in [0.717, 1.165) is 5.56 Å². The number of amides is 1. The van der Waals surface area contributed by atoms with Crippen LogP contribution in [0.25, 0.3) is 0 Å². The number of nitrogen functional groups attached to an aromatic ring is 1. The van der Waals surface area contributed by atoms with Crippen LogP contribution < -0.4 is 11.3 Å². The van der Waals surface area contributed by atoms with Gasteiger partial charge in [0.1, 0.15) is 0 Å². The van der Waals surface area contributed by atoms with Gasteiger partial charge in [0.05, 0.1) is 5.56 Å². The van der Waals surface area contributed by atoms with E-state index in [4.69, 9.17) is 5.84 Å². The Morgan fingerprint density at radius 2 is 2.05 bits per heavy atom. The van der Waals surface area contributed by atoms with E-state index >= 15 is 0 Å². The summed E-state index contributed by atoms with van der Waals surface area (Å²) in [7, 11) is 0. The highest BCUT2D eigenvalue weighted by atomic mass is 16.2. The molecule has 0 saturated heterocycles. The molecule has 6 heteroatoms. The minimum Gasteiger partial charge on any atom is -0.334 e. The molecule has 20 heavy (non-hydrogen) atoms. The van der Waals surface area contributed by atoms with E-state index in [1.165, 1.54) is 0 Å². The molecule has 0 aliphatic carbocycles. The standard InChI is InChI=1S/C14H17N5O/c1-2-19(10-11-5-8-16-9-6-11)14(20)12-4-3-7-17-13(12)18-15/h3-9H,2,10,15H2,1H3,(H,17,18). The van der Waals surface area contributed by atoms with Gasteiger partial charge >= 0.3 is 0 Å². The van der Waals surface area contributed by atoms with Crippen molar-refractivity contribution in [1.82, 2.24) is 14.9 Å². The molecule has 6 nitrogen and oxygen atoms in total. The zero-order valence-electron chi connectivity index (χ0n) is 11.3. The molecule has 0 aliphatic rings. The smallest absolute Gasteiger partial charge is 0.257 e. The molecule has 104 valence electrons. The summed E-state index contributed by atoms with van der Waals surface area (Å²) in [5.41, 5.74) is 3.94. The fraction of sp³-hybridized carbons (Fsp3) is 0.214. The molecule has 2 heterocycles. The van der Waals surface area contributed by atoms with Gasteiger partial charge in [0.25, 0.3) is 5.91 Å². The normalized spacial score (nSPS) is 10.1. The Bertz CT molecular complexity index is 573. The molecule has 2 aromatic heterocycles. The molecular formula is C14H17N5O. The highest BCUT2D eigenvalue weighted by Crippen LogP contribution is 2.15. The van der Waals surface area contributed by atoms with E-state index in [0.29, 0.717) is 24.5 Å². The zero-order chi connectivity index (χ0) is 14.4. The lowest BCUT2D eigenvalue weighted by Gasteiger charge is -2.21. The Morgan fingerprint density at radius 3 is 2.70 bits per heavy atom. The van der Waals surface area contributed by atoms with Crippen LogP contribution in [0.2, 0.25) is 0 Å². The van der Waals surface area contributed by atoms with Gasteiger partial charge in [-0.25, -0.2) is 10.8 Å². The molecular weight excluding hydrogens is 254 g/mol. The molecule has 0 unspecified atom stereocenters. The van der Waals surface area contributed by atoms with Crippen LogP contribution in [-0.2, 0) is 6.54 Å². The number of hydrazine groups is 1. The molecule has 2 aromatic rings. The van der Waals surface area contributed by atoms with E-state index in [2.05, 4.69) is 15.4 Å². The van der Waals surface area contributed by atoms with Crippen LogP contribution in [0, 0.1) is 0 Å². The summed E-state index contributed by atoms with van der Waals surface area (Å²) in [4.78, 5) is 22.3. The van der Waals surface area contributed by atoms with Gasteiger partial charge in [-0.1, -0.05) is 0 Å². The number of nitrogens with one attached hydrogen (secondary N) is 1. The van der Waals surface area contributed by atoms with Crippen molar-refractivity contribution in [2.24, 2.45) is 5.84 Å². The predicted molar refractivity (Wildman–Crippen MR) is 76.7 cm³/mol. The number of aromatic nitrogens is 2. The van der Waals surface area contributed by atoms with Gasteiger partial charge in [-0.05, 0) is 36.8 Å². The minimum atomic E-state index is -0.106. The first-order chi connectivity index (χ1) is 9.76. The van der Waals surface area contributed by atoms with E-state index in [1.54, 1.807) is 35.6 Å². The first kappa shape index (κ1) is 14.0. The molecule has 3 N–H and O–H groups in total. The van der Waals surface area contributed by atoms with Crippen LogP contribution in [0.5, 0.6) is 0 Å². The van der Waals surface area contributed by atoms with E-state index in [9.17, 15) is 4.79 Å². The molecule has 0 saturated carbocycles. The molecule has 1 amide bonds. The fourth-order valence-corrected chi connectivity index (χ4v) is 1.90. The number of anilines is 1. The summed E-state index contributed by atoms with van der Waals surface area (Å²) in [5, 5.41) is 0. The average Bonchev–Trinajstić information content (AvgIpc) is 2.53. The monoisotopic (exact) mass is 271 g/mol. The van der Waals surface area contributed by atoms with Crippen molar-refractivity contribution in [3.63, 3.8) is 0 Å². The lowest BCUT2D eigenvalue weighted by Crippen LogP contribution is -2.31. The third-order valence-corrected chi connectivity index (χ3v) is 2.97. The summed E-state index contributed by atoms with van der Waals surface area (Å²) in [6, 6.07) is 7.20. The van der Waals surface area contributed by atoms with Crippen LogP contribution >= 0.6 is 0 Å². The summed E-state index contributed by atoms with van der Waals surface area (Å²) in [6.07, 6.45) is 5.01. The summed E-state index contributed by atoms with van der Waals surface area (Å²) >= 11 is 0. The highest BCUT2D eigenvalue weighted by Gasteiger charge is 2.18. The van der Waals surface area contributed by atoms with Crippen molar-refractivity contribution in [1.29, 1.82) is 0 Å². The molecule has 0 spiro atoms. The number of carbonyl (C=O) groups is 1. The molecule has 2 rings (SSSR count). The van der Waals surface area contributed by atoms with Crippen LogP contribution in [0.15, 0.2) is 42.9 Å². The van der Waals surface area contributed by atoms with E-state index in [1.807, 2.05) is 19.1 Å². The van der Waals surface area contributed by atoms with Crippen LogP contribution in [0.4, 0.5) is 5.82 Å². The van der Waals surface area contributed by atoms with Crippen LogP contribution in [0.3, 0.4) is 0 Å². The topological polar surface area (TPSA) is 84.1 Å². The SMILES string of the molecule is CCN(Cc1ccncc1)C(=O)c1cccnc1NN. The first-order valence-electron chi connectivity index (χ1n) is 6.36. The number of nitrogens with two attached hydrogens (primary N) is 1. The van der Waals surface area contributed by atoms with Gasteiger partial charge in [0.15, 0.2) is 5.82 Å². The zero-order valence-corrected chi connectivity index (χ0v) is 11.3. The van der Waals surface area contributed by atoms with E-state index in [-0.39, 0.29) is 5.91 Å². The molecule has 0 radical (unpaired) electrons. The quantitative estimate of drug-likeness (QED) is 0.634. The van der Waals surface area contributed by atoms with Crippen LogP contribution in [0.1, 0.15) is 22.8 Å². The number of pyridine rings is 2. The van der Waals surface area contributed by atoms with Gasteiger partial charge in [-0.15, -0.1) is 0 Å². The summed E-state index contributed by atoms with van der Waals surface area (Å²) < 4.78 is 0. The van der Waals surface area contributed by atoms with Crippen LogP contribution in [-0.4, -0.2) is 27.3 Å². The molecule has 0 atom stereocenters. The molecule has 0 bridgehead atoms. The van der Waals surface area contributed by atoms with Crippen molar-refractivity contribution in [2.45, 2.75) is 13.5 Å². The molecule has 0 fully saturated rings. The predicted octanol–water partition coefficient (Wildman–Crippen LogP) is 1.42. The van der Waals surface area contributed by atoms with Crippen molar-refractivity contribution in [2.75, 3.05) is 12.0 Å². The van der Waals surface area contributed by atoms with Crippen molar-refractivity contribution >= 4 is 11.7 Å². The highest BCUT2D eigenvalue weighted by molar-refractivity contribution is 5.98.